The predicted molar refractivity (Wildman–Crippen MR) is 68.0 cm³/mol. The van der Waals surface area contributed by atoms with Crippen LogP contribution in [0.2, 0.25) is 0 Å². The van der Waals surface area contributed by atoms with Gasteiger partial charge in [0.15, 0.2) is 15.7 Å². The van der Waals surface area contributed by atoms with Crippen LogP contribution in [-0.2, 0) is 9.84 Å². The molecule has 96 valence electrons. The lowest BCUT2D eigenvalue weighted by Crippen LogP contribution is -2.05. The number of hydrogen-bond donors (Lipinski definition) is 1. The topological polar surface area (TPSA) is 99.1 Å². The molecule has 2 N–H and O–H groups in total. The van der Waals surface area contributed by atoms with E-state index in [4.69, 9.17) is 10.3 Å². The van der Waals surface area contributed by atoms with Gasteiger partial charge in [0.05, 0.1) is 22.1 Å². The molecule has 0 amide bonds. The highest BCUT2D eigenvalue weighted by Gasteiger charge is 2.32. The van der Waals surface area contributed by atoms with Crippen molar-refractivity contribution < 1.29 is 12.9 Å². The number of nitrogen functional groups attached to an aromatic ring is 1. The van der Waals surface area contributed by atoms with Gasteiger partial charge >= 0.3 is 0 Å². The molecule has 0 radical (unpaired) electrons. The van der Waals surface area contributed by atoms with Crippen LogP contribution in [0.25, 0.3) is 11.5 Å². The van der Waals surface area contributed by atoms with Gasteiger partial charge in [-0.3, -0.25) is 0 Å². The molecule has 1 atom stereocenters. The van der Waals surface area contributed by atoms with Crippen LogP contribution in [-0.4, -0.2) is 30.1 Å². The van der Waals surface area contributed by atoms with E-state index < -0.39 is 9.84 Å². The lowest BCUT2D eigenvalue weighted by molar-refractivity contribution is 0.418. The van der Waals surface area contributed by atoms with Gasteiger partial charge in [-0.25, -0.2) is 8.42 Å². The second-order valence-electron chi connectivity index (χ2n) is 4.26. The second-order valence-corrected chi connectivity index (χ2v) is 7.43. The zero-order chi connectivity index (χ0) is 12.8. The van der Waals surface area contributed by atoms with Crippen LogP contribution >= 0.6 is 11.3 Å². The average molecular weight is 285 g/mol. The first-order valence-electron chi connectivity index (χ1n) is 5.42. The normalized spacial score (nSPS) is 22.3. The van der Waals surface area contributed by atoms with Crippen LogP contribution in [0.4, 0.5) is 5.00 Å². The molecule has 0 saturated carbocycles. The molecule has 18 heavy (non-hydrogen) atoms. The van der Waals surface area contributed by atoms with Crippen molar-refractivity contribution in [3.63, 3.8) is 0 Å². The van der Waals surface area contributed by atoms with Crippen LogP contribution in [0.15, 0.2) is 16.0 Å². The summed E-state index contributed by atoms with van der Waals surface area (Å²) in [5, 5.41) is 6.32. The largest absolute Gasteiger partial charge is 0.390 e. The minimum absolute atomic E-state index is 0.102. The number of nitrogens with two attached hydrogens (primary N) is 1. The van der Waals surface area contributed by atoms with Gasteiger partial charge in [0.2, 0.25) is 0 Å². The van der Waals surface area contributed by atoms with Crippen LogP contribution in [0.5, 0.6) is 0 Å². The zero-order valence-electron chi connectivity index (χ0n) is 9.37. The Morgan fingerprint density at radius 3 is 2.94 bits per heavy atom. The lowest BCUT2D eigenvalue weighted by atomic mass is 10.1. The number of sulfone groups is 1. The Kier molecular flexibility index (Phi) is 2.63. The molecule has 1 unspecified atom stereocenters. The first-order valence-corrected chi connectivity index (χ1v) is 8.12. The van der Waals surface area contributed by atoms with Crippen molar-refractivity contribution in [1.29, 1.82) is 0 Å². The molecular formula is C10H11N3O3S2. The fourth-order valence-corrected chi connectivity index (χ4v) is 4.38. The molecule has 2 aromatic rings. The molecule has 1 saturated heterocycles. The summed E-state index contributed by atoms with van der Waals surface area (Å²) in [4.78, 5) is 4.25. The van der Waals surface area contributed by atoms with Crippen molar-refractivity contribution in [1.82, 2.24) is 10.1 Å². The van der Waals surface area contributed by atoms with E-state index >= 15 is 0 Å². The van der Waals surface area contributed by atoms with E-state index in [1.54, 1.807) is 0 Å². The van der Waals surface area contributed by atoms with Gasteiger partial charge in [0, 0.05) is 5.92 Å². The summed E-state index contributed by atoms with van der Waals surface area (Å²) >= 11 is 1.39. The van der Waals surface area contributed by atoms with E-state index in [-0.39, 0.29) is 17.4 Å². The molecule has 1 fully saturated rings. The summed E-state index contributed by atoms with van der Waals surface area (Å²) < 4.78 is 27.9. The third kappa shape index (κ3) is 2.01. The van der Waals surface area contributed by atoms with Crippen molar-refractivity contribution in [2.45, 2.75) is 12.3 Å². The Morgan fingerprint density at radius 2 is 2.33 bits per heavy atom. The van der Waals surface area contributed by atoms with Crippen LogP contribution in [0, 0.1) is 0 Å². The van der Waals surface area contributed by atoms with Gasteiger partial charge in [-0.05, 0) is 17.9 Å². The summed E-state index contributed by atoms with van der Waals surface area (Å²) in [6.07, 6.45) is 0.556. The molecule has 0 aromatic carbocycles. The first kappa shape index (κ1) is 11.7. The van der Waals surface area contributed by atoms with E-state index in [2.05, 4.69) is 10.1 Å². The number of rotatable bonds is 2. The molecule has 6 nitrogen and oxygen atoms in total. The third-order valence-electron chi connectivity index (χ3n) is 2.96. The SMILES string of the molecule is Nc1sccc1-c1nc(C2CCS(=O)(=O)C2)no1. The molecule has 1 aliphatic rings. The molecule has 0 aliphatic carbocycles. The first-order chi connectivity index (χ1) is 8.55. The van der Waals surface area contributed by atoms with E-state index in [9.17, 15) is 8.42 Å². The quantitative estimate of drug-likeness (QED) is 0.892. The Balaban J connectivity index is 1.89. The van der Waals surface area contributed by atoms with E-state index in [1.165, 1.54) is 11.3 Å². The minimum atomic E-state index is -2.94. The molecule has 0 bridgehead atoms. The number of hydrogen-bond acceptors (Lipinski definition) is 7. The number of thiophene rings is 1. The maximum Gasteiger partial charge on any atom is 0.260 e. The Morgan fingerprint density at radius 1 is 1.50 bits per heavy atom. The highest BCUT2D eigenvalue weighted by atomic mass is 32.2. The van der Waals surface area contributed by atoms with Crippen molar-refractivity contribution in [3.05, 3.63) is 17.3 Å². The lowest BCUT2D eigenvalue weighted by Gasteiger charge is -1.98. The summed E-state index contributed by atoms with van der Waals surface area (Å²) in [5.74, 6) is 0.949. The molecule has 8 heteroatoms. The van der Waals surface area contributed by atoms with Crippen LogP contribution < -0.4 is 5.73 Å². The number of anilines is 1. The average Bonchev–Trinajstić information content (AvgIpc) is 2.97. The van der Waals surface area contributed by atoms with E-state index in [1.807, 2.05) is 11.4 Å². The van der Waals surface area contributed by atoms with Crippen molar-refractivity contribution in [3.8, 4) is 11.5 Å². The highest BCUT2D eigenvalue weighted by Crippen LogP contribution is 2.32. The number of aromatic nitrogens is 2. The summed E-state index contributed by atoms with van der Waals surface area (Å²) in [6, 6.07) is 1.81. The van der Waals surface area contributed by atoms with Gasteiger partial charge in [-0.15, -0.1) is 11.3 Å². The highest BCUT2D eigenvalue weighted by molar-refractivity contribution is 7.91. The summed E-state index contributed by atoms with van der Waals surface area (Å²) in [7, 11) is -2.94. The smallest absolute Gasteiger partial charge is 0.260 e. The van der Waals surface area contributed by atoms with Gasteiger partial charge < -0.3 is 10.3 Å². The molecule has 0 spiro atoms. The fraction of sp³-hybridized carbons (Fsp3) is 0.400. The standard InChI is InChI=1S/C10H11N3O3S2/c11-8-7(1-3-17-8)10-12-9(13-16-10)6-2-4-18(14,15)5-6/h1,3,6H,2,4-5,11H2. The minimum Gasteiger partial charge on any atom is -0.390 e. The Bertz CT molecular complexity index is 674. The molecular weight excluding hydrogens is 274 g/mol. The van der Waals surface area contributed by atoms with Gasteiger partial charge in [0.1, 0.15) is 0 Å². The molecule has 3 rings (SSSR count). The van der Waals surface area contributed by atoms with Gasteiger partial charge in [-0.2, -0.15) is 4.98 Å². The molecule has 1 aliphatic heterocycles. The fourth-order valence-electron chi connectivity index (χ4n) is 2.01. The van der Waals surface area contributed by atoms with Crippen molar-refractivity contribution >= 4 is 26.2 Å². The van der Waals surface area contributed by atoms with Crippen molar-refractivity contribution in [2.75, 3.05) is 17.2 Å². The monoisotopic (exact) mass is 285 g/mol. The second kappa shape index (κ2) is 4.06. The zero-order valence-corrected chi connectivity index (χ0v) is 11.0. The Hall–Kier alpha value is -1.41. The maximum atomic E-state index is 11.4. The maximum absolute atomic E-state index is 11.4. The molecule has 3 heterocycles. The Labute approximate surface area is 108 Å². The van der Waals surface area contributed by atoms with Gasteiger partial charge in [0.25, 0.3) is 5.89 Å². The molecule has 2 aromatic heterocycles. The van der Waals surface area contributed by atoms with Crippen LogP contribution in [0.1, 0.15) is 18.2 Å². The van der Waals surface area contributed by atoms with E-state index in [0.29, 0.717) is 28.7 Å². The van der Waals surface area contributed by atoms with Crippen LogP contribution in [0.3, 0.4) is 0 Å². The van der Waals surface area contributed by atoms with Gasteiger partial charge in [-0.1, -0.05) is 5.16 Å². The van der Waals surface area contributed by atoms with Crippen molar-refractivity contribution in [2.24, 2.45) is 0 Å². The summed E-state index contributed by atoms with van der Waals surface area (Å²) in [6.45, 7) is 0. The third-order valence-corrected chi connectivity index (χ3v) is 5.48. The van der Waals surface area contributed by atoms with E-state index in [0.717, 1.165) is 0 Å². The number of nitrogens with zero attached hydrogens (tertiary/aromatic N) is 2. The summed E-state index contributed by atoms with van der Waals surface area (Å²) in [5.41, 5.74) is 6.48. The predicted octanol–water partition coefficient (Wildman–Crippen LogP) is 1.28.